The van der Waals surface area contributed by atoms with Gasteiger partial charge in [-0.3, -0.25) is 0 Å². The van der Waals surface area contributed by atoms with Gasteiger partial charge in [0.25, 0.3) is 0 Å². The molecule has 4 nitrogen and oxygen atoms in total. The number of hydrogen-bond acceptors (Lipinski definition) is 3. The number of carboxylic acid groups (broad SMARTS) is 1. The Morgan fingerprint density at radius 3 is 3.12 bits per heavy atom. The van der Waals surface area contributed by atoms with Crippen LogP contribution in [0, 0.1) is 5.92 Å². The Morgan fingerprint density at radius 1 is 1.59 bits per heavy atom. The fourth-order valence-electron chi connectivity index (χ4n) is 2.14. The van der Waals surface area contributed by atoms with E-state index in [1.807, 2.05) is 6.07 Å². The van der Waals surface area contributed by atoms with Crippen molar-refractivity contribution in [3.05, 3.63) is 29.3 Å². The van der Waals surface area contributed by atoms with Gasteiger partial charge in [-0.15, -0.1) is 0 Å². The Balaban J connectivity index is 2.16. The number of ether oxygens (including phenoxy) is 1. The third-order valence-electron chi connectivity index (χ3n) is 2.98. The number of fused-ring (bicyclic) bond motifs is 1. The number of rotatable bonds is 4. The largest absolute Gasteiger partial charge is 0.492 e. The van der Waals surface area contributed by atoms with Crippen LogP contribution in [0.4, 0.5) is 0 Å². The van der Waals surface area contributed by atoms with Crippen LogP contribution in [0.5, 0.6) is 5.75 Å². The van der Waals surface area contributed by atoms with Gasteiger partial charge >= 0.3 is 5.97 Å². The Morgan fingerprint density at radius 2 is 2.41 bits per heavy atom. The van der Waals surface area contributed by atoms with E-state index in [1.54, 1.807) is 12.1 Å². The van der Waals surface area contributed by atoms with Crippen molar-refractivity contribution in [1.29, 1.82) is 0 Å². The van der Waals surface area contributed by atoms with Gasteiger partial charge in [0.05, 0.1) is 6.61 Å². The highest BCUT2D eigenvalue weighted by atomic mass is 16.5. The number of hydrogen-bond donors (Lipinski definition) is 2. The molecule has 2 rings (SSSR count). The van der Waals surface area contributed by atoms with E-state index in [4.69, 9.17) is 9.84 Å². The minimum Gasteiger partial charge on any atom is -0.492 e. The van der Waals surface area contributed by atoms with E-state index >= 15 is 0 Å². The van der Waals surface area contributed by atoms with Gasteiger partial charge in [0, 0.05) is 12.5 Å². The molecule has 0 amide bonds. The maximum absolute atomic E-state index is 11.0. The summed E-state index contributed by atoms with van der Waals surface area (Å²) in [6.07, 6.45) is 0.878. The normalized spacial score (nSPS) is 18.3. The van der Waals surface area contributed by atoms with Gasteiger partial charge in [0.1, 0.15) is 11.3 Å². The van der Waals surface area contributed by atoms with Crippen LogP contribution in [0.1, 0.15) is 22.8 Å². The molecule has 0 saturated carbocycles. The van der Waals surface area contributed by atoms with E-state index < -0.39 is 5.97 Å². The third-order valence-corrected chi connectivity index (χ3v) is 2.98. The zero-order valence-corrected chi connectivity index (χ0v) is 9.90. The molecule has 1 heterocycles. The lowest BCUT2D eigenvalue weighted by molar-refractivity contribution is 0.0689. The molecule has 0 fully saturated rings. The van der Waals surface area contributed by atoms with E-state index in [0.717, 1.165) is 25.1 Å². The van der Waals surface area contributed by atoms with Gasteiger partial charge < -0.3 is 15.2 Å². The molecule has 92 valence electrons. The summed E-state index contributed by atoms with van der Waals surface area (Å²) < 4.78 is 5.60. The molecule has 2 N–H and O–H groups in total. The molecule has 4 heteroatoms. The summed E-state index contributed by atoms with van der Waals surface area (Å²) in [5, 5.41) is 12.3. The first-order valence-corrected chi connectivity index (χ1v) is 5.91. The monoisotopic (exact) mass is 235 g/mol. The first-order valence-electron chi connectivity index (χ1n) is 5.91. The number of benzene rings is 1. The predicted molar refractivity (Wildman–Crippen MR) is 64.6 cm³/mol. The highest BCUT2D eigenvalue weighted by Crippen LogP contribution is 2.30. The number of carboxylic acids is 1. The second-order valence-electron chi connectivity index (χ2n) is 4.29. The van der Waals surface area contributed by atoms with Crippen LogP contribution in [0.2, 0.25) is 0 Å². The lowest BCUT2D eigenvalue weighted by Gasteiger charge is -2.26. The standard InChI is InChI=1S/C13H17NO3/c1-2-14-7-9-6-10-4-3-5-11(13(15)16)12(10)17-8-9/h3-5,9,14H,2,6-8H2,1H3,(H,15,16). The maximum Gasteiger partial charge on any atom is 0.339 e. The molecule has 0 saturated heterocycles. The highest BCUT2D eigenvalue weighted by molar-refractivity contribution is 5.91. The minimum atomic E-state index is -0.924. The molecule has 1 aromatic rings. The lowest BCUT2D eigenvalue weighted by Crippen LogP contribution is -2.31. The van der Waals surface area contributed by atoms with Crippen molar-refractivity contribution in [1.82, 2.24) is 5.32 Å². The van der Waals surface area contributed by atoms with Crippen LogP contribution in [0.25, 0.3) is 0 Å². The van der Waals surface area contributed by atoms with Gasteiger partial charge in [-0.25, -0.2) is 4.79 Å². The smallest absolute Gasteiger partial charge is 0.339 e. The SMILES string of the molecule is CCNCC1COc2c(cccc2C(=O)O)C1. The summed E-state index contributed by atoms with van der Waals surface area (Å²) in [6, 6.07) is 5.31. The average molecular weight is 235 g/mol. The van der Waals surface area contributed by atoms with Crippen molar-refractivity contribution in [3.8, 4) is 5.75 Å². The second-order valence-corrected chi connectivity index (χ2v) is 4.29. The molecule has 0 aliphatic carbocycles. The Hall–Kier alpha value is -1.55. The summed E-state index contributed by atoms with van der Waals surface area (Å²) in [5.41, 5.74) is 1.27. The molecular weight excluding hydrogens is 218 g/mol. The average Bonchev–Trinajstić information content (AvgIpc) is 2.35. The number of para-hydroxylation sites is 1. The number of aromatic carboxylic acids is 1. The molecule has 0 radical (unpaired) electrons. The quantitative estimate of drug-likeness (QED) is 0.831. The number of carbonyl (C=O) groups is 1. The van der Waals surface area contributed by atoms with Gasteiger partial charge in [0.15, 0.2) is 0 Å². The molecular formula is C13H17NO3. The minimum absolute atomic E-state index is 0.268. The fourth-order valence-corrected chi connectivity index (χ4v) is 2.14. The Bertz CT molecular complexity index is 417. The summed E-state index contributed by atoms with van der Waals surface area (Å²) >= 11 is 0. The van der Waals surface area contributed by atoms with Crippen LogP contribution in [-0.2, 0) is 6.42 Å². The number of nitrogens with one attached hydrogen (secondary N) is 1. The molecule has 17 heavy (non-hydrogen) atoms. The molecule has 1 unspecified atom stereocenters. The van der Waals surface area contributed by atoms with E-state index in [9.17, 15) is 4.79 Å². The summed E-state index contributed by atoms with van der Waals surface area (Å²) in [4.78, 5) is 11.0. The van der Waals surface area contributed by atoms with Gasteiger partial charge in [-0.1, -0.05) is 19.1 Å². The Labute approximate surface area is 101 Å². The first-order chi connectivity index (χ1) is 8.22. The van der Waals surface area contributed by atoms with Gasteiger partial charge in [-0.2, -0.15) is 0 Å². The zero-order chi connectivity index (χ0) is 12.3. The van der Waals surface area contributed by atoms with Crippen LogP contribution >= 0.6 is 0 Å². The van der Waals surface area contributed by atoms with E-state index in [0.29, 0.717) is 18.3 Å². The third kappa shape index (κ3) is 2.58. The topological polar surface area (TPSA) is 58.6 Å². The first kappa shape index (κ1) is 11.9. The fraction of sp³-hybridized carbons (Fsp3) is 0.462. The van der Waals surface area contributed by atoms with E-state index in [1.165, 1.54) is 0 Å². The Kier molecular flexibility index (Phi) is 3.64. The zero-order valence-electron chi connectivity index (χ0n) is 9.90. The van der Waals surface area contributed by atoms with Crippen LogP contribution < -0.4 is 10.1 Å². The molecule has 0 bridgehead atoms. The van der Waals surface area contributed by atoms with E-state index in [2.05, 4.69) is 12.2 Å². The molecule has 0 aromatic heterocycles. The summed E-state index contributed by atoms with van der Waals surface area (Å²) in [6.45, 7) is 4.51. The van der Waals surface area contributed by atoms with Crippen LogP contribution in [0.3, 0.4) is 0 Å². The highest BCUT2D eigenvalue weighted by Gasteiger charge is 2.23. The van der Waals surface area contributed by atoms with E-state index in [-0.39, 0.29) is 5.56 Å². The predicted octanol–water partition coefficient (Wildman–Crippen LogP) is 1.55. The lowest BCUT2D eigenvalue weighted by atomic mass is 9.94. The summed E-state index contributed by atoms with van der Waals surface area (Å²) in [7, 11) is 0. The maximum atomic E-state index is 11.0. The van der Waals surface area contributed by atoms with Gasteiger partial charge in [0.2, 0.25) is 0 Å². The molecule has 0 spiro atoms. The molecule has 1 aromatic carbocycles. The van der Waals surface area contributed by atoms with Gasteiger partial charge in [-0.05, 0) is 24.6 Å². The van der Waals surface area contributed by atoms with Crippen molar-refractivity contribution in [2.24, 2.45) is 5.92 Å². The summed E-state index contributed by atoms with van der Waals surface area (Å²) in [5.74, 6) is 0.0474. The van der Waals surface area contributed by atoms with Crippen molar-refractivity contribution < 1.29 is 14.6 Å². The van der Waals surface area contributed by atoms with Crippen LogP contribution in [-0.4, -0.2) is 30.8 Å². The molecule has 1 aliphatic heterocycles. The van der Waals surface area contributed by atoms with Crippen LogP contribution in [0.15, 0.2) is 18.2 Å². The van der Waals surface area contributed by atoms with Crippen molar-refractivity contribution >= 4 is 5.97 Å². The van der Waals surface area contributed by atoms with Crippen molar-refractivity contribution in [2.45, 2.75) is 13.3 Å². The molecule has 1 atom stereocenters. The van der Waals surface area contributed by atoms with Crippen molar-refractivity contribution in [3.63, 3.8) is 0 Å². The second kappa shape index (κ2) is 5.19. The van der Waals surface area contributed by atoms with Crippen molar-refractivity contribution in [2.75, 3.05) is 19.7 Å². The molecule has 1 aliphatic rings.